The van der Waals surface area contributed by atoms with E-state index in [1.165, 1.54) is 22.6 Å². The first-order chi connectivity index (χ1) is 8.08. The van der Waals surface area contributed by atoms with Crippen LogP contribution in [0.2, 0.25) is 0 Å². The van der Waals surface area contributed by atoms with Crippen LogP contribution in [-0.4, -0.2) is 10.6 Å². The van der Waals surface area contributed by atoms with E-state index in [2.05, 4.69) is 54.8 Å². The number of nitrogens with two attached hydrogens (primary N) is 1. The minimum atomic E-state index is 0.218. The zero-order chi connectivity index (χ0) is 12.4. The van der Waals surface area contributed by atoms with Crippen molar-refractivity contribution in [1.29, 1.82) is 0 Å². The van der Waals surface area contributed by atoms with Crippen molar-refractivity contribution in [1.82, 2.24) is 4.57 Å². The Morgan fingerprint density at radius 1 is 1.00 bits per heavy atom. The average Bonchev–Trinajstić information content (AvgIpc) is 2.59. The third-order valence-electron chi connectivity index (χ3n) is 3.02. The summed E-state index contributed by atoms with van der Waals surface area (Å²) >= 11 is 0. The summed E-state index contributed by atoms with van der Waals surface area (Å²) in [6, 6.07) is 13.2. The first-order valence-electron chi connectivity index (χ1n) is 6.08. The van der Waals surface area contributed by atoms with Gasteiger partial charge < -0.3 is 10.3 Å². The quantitative estimate of drug-likeness (QED) is 0.860. The fraction of sp³-hybridized carbons (Fsp3) is 0.333. The second-order valence-electron chi connectivity index (χ2n) is 4.80. The van der Waals surface area contributed by atoms with Gasteiger partial charge in [0.1, 0.15) is 0 Å². The maximum absolute atomic E-state index is 5.80. The van der Waals surface area contributed by atoms with Gasteiger partial charge >= 0.3 is 0 Å². The Morgan fingerprint density at radius 3 is 2.00 bits per heavy atom. The van der Waals surface area contributed by atoms with Crippen LogP contribution in [0.15, 0.2) is 36.4 Å². The Kier molecular flexibility index (Phi) is 3.34. The number of hydrogen-bond acceptors (Lipinski definition) is 1. The lowest BCUT2D eigenvalue weighted by Gasteiger charge is -2.11. The van der Waals surface area contributed by atoms with Crippen LogP contribution >= 0.6 is 0 Å². The second-order valence-corrected chi connectivity index (χ2v) is 4.80. The third kappa shape index (κ3) is 2.59. The summed E-state index contributed by atoms with van der Waals surface area (Å²) in [5, 5.41) is 0. The predicted octanol–water partition coefficient (Wildman–Crippen LogP) is 2.98. The van der Waals surface area contributed by atoms with Crippen LogP contribution in [-0.2, 0) is 6.42 Å². The molecule has 2 rings (SSSR count). The molecule has 0 radical (unpaired) electrons. The Bertz CT molecular complexity index is 473. The Balaban J connectivity index is 2.30. The smallest absolute Gasteiger partial charge is 0.0455 e. The second kappa shape index (κ2) is 4.76. The molecule has 2 nitrogen and oxygen atoms in total. The van der Waals surface area contributed by atoms with E-state index in [1.54, 1.807) is 0 Å². The minimum Gasteiger partial charge on any atom is -0.328 e. The van der Waals surface area contributed by atoms with E-state index in [1.807, 2.05) is 6.92 Å². The first kappa shape index (κ1) is 11.9. The van der Waals surface area contributed by atoms with Gasteiger partial charge in [0.2, 0.25) is 0 Å². The zero-order valence-electron chi connectivity index (χ0n) is 10.8. The summed E-state index contributed by atoms with van der Waals surface area (Å²) in [5.74, 6) is 0. The number of benzene rings is 1. The summed E-state index contributed by atoms with van der Waals surface area (Å²) in [4.78, 5) is 0. The van der Waals surface area contributed by atoms with Crippen LogP contribution in [0.1, 0.15) is 23.9 Å². The molecule has 17 heavy (non-hydrogen) atoms. The number of aryl methyl sites for hydroxylation is 2. The molecule has 1 aromatic carbocycles. The minimum absolute atomic E-state index is 0.218. The van der Waals surface area contributed by atoms with Crippen molar-refractivity contribution >= 4 is 0 Å². The zero-order valence-corrected chi connectivity index (χ0v) is 10.8. The fourth-order valence-corrected chi connectivity index (χ4v) is 2.23. The predicted molar refractivity (Wildman–Crippen MR) is 72.6 cm³/mol. The molecule has 2 aromatic rings. The lowest BCUT2D eigenvalue weighted by molar-refractivity contribution is 0.738. The van der Waals surface area contributed by atoms with Gasteiger partial charge in [0.15, 0.2) is 0 Å². The number of nitrogens with zero attached hydrogens (tertiary/aromatic N) is 1. The van der Waals surface area contributed by atoms with E-state index in [0.29, 0.717) is 0 Å². The van der Waals surface area contributed by atoms with E-state index in [9.17, 15) is 0 Å². The summed E-state index contributed by atoms with van der Waals surface area (Å²) in [6.45, 7) is 6.29. The van der Waals surface area contributed by atoms with Crippen LogP contribution in [0.3, 0.4) is 0 Å². The lowest BCUT2D eigenvalue weighted by Crippen LogP contribution is -2.17. The fourth-order valence-electron chi connectivity index (χ4n) is 2.23. The van der Waals surface area contributed by atoms with Gasteiger partial charge in [-0.25, -0.2) is 0 Å². The molecule has 0 spiro atoms. The van der Waals surface area contributed by atoms with Crippen molar-refractivity contribution < 1.29 is 0 Å². The Morgan fingerprint density at radius 2 is 1.53 bits per heavy atom. The summed E-state index contributed by atoms with van der Waals surface area (Å²) in [5.41, 5.74) is 10.9. The van der Waals surface area contributed by atoms with Gasteiger partial charge in [0.05, 0.1) is 0 Å². The maximum Gasteiger partial charge on any atom is 0.0455 e. The van der Waals surface area contributed by atoms with Gasteiger partial charge in [0.25, 0.3) is 0 Å². The van der Waals surface area contributed by atoms with Crippen molar-refractivity contribution in [3.8, 4) is 5.69 Å². The Labute approximate surface area is 103 Å². The highest BCUT2D eigenvalue weighted by molar-refractivity contribution is 5.39. The van der Waals surface area contributed by atoms with Crippen molar-refractivity contribution in [3.63, 3.8) is 0 Å². The SMILES string of the molecule is Cc1ccc(C)n1-c1ccc(CC(C)N)cc1. The van der Waals surface area contributed by atoms with Crippen molar-refractivity contribution in [2.75, 3.05) is 0 Å². The molecule has 1 heterocycles. The maximum atomic E-state index is 5.80. The standard InChI is InChI=1S/C15H20N2/c1-11(16)10-14-6-8-15(9-7-14)17-12(2)4-5-13(17)3/h4-9,11H,10,16H2,1-3H3. The molecule has 0 saturated heterocycles. The van der Waals surface area contributed by atoms with Gasteiger partial charge in [0, 0.05) is 23.1 Å². The first-order valence-corrected chi connectivity index (χ1v) is 6.08. The van der Waals surface area contributed by atoms with Crippen LogP contribution in [0.5, 0.6) is 0 Å². The Hall–Kier alpha value is -1.54. The van der Waals surface area contributed by atoms with E-state index in [-0.39, 0.29) is 6.04 Å². The molecule has 0 saturated carbocycles. The van der Waals surface area contributed by atoms with E-state index < -0.39 is 0 Å². The van der Waals surface area contributed by atoms with Crippen molar-refractivity contribution in [2.45, 2.75) is 33.2 Å². The molecule has 1 aromatic heterocycles. The molecular formula is C15H20N2. The van der Waals surface area contributed by atoms with Gasteiger partial charge in [-0.05, 0) is 57.0 Å². The highest BCUT2D eigenvalue weighted by atomic mass is 15.0. The highest BCUT2D eigenvalue weighted by Gasteiger charge is 2.04. The molecule has 1 atom stereocenters. The lowest BCUT2D eigenvalue weighted by atomic mass is 10.1. The molecule has 0 aliphatic rings. The largest absolute Gasteiger partial charge is 0.328 e. The molecule has 0 bridgehead atoms. The van der Waals surface area contributed by atoms with Gasteiger partial charge in [-0.3, -0.25) is 0 Å². The molecule has 0 amide bonds. The normalized spacial score (nSPS) is 12.7. The van der Waals surface area contributed by atoms with Crippen LogP contribution < -0.4 is 5.73 Å². The van der Waals surface area contributed by atoms with Gasteiger partial charge in [-0.2, -0.15) is 0 Å². The topological polar surface area (TPSA) is 30.9 Å². The number of aromatic nitrogens is 1. The van der Waals surface area contributed by atoms with Gasteiger partial charge in [-0.15, -0.1) is 0 Å². The van der Waals surface area contributed by atoms with E-state index in [0.717, 1.165) is 6.42 Å². The van der Waals surface area contributed by atoms with Crippen LogP contribution in [0, 0.1) is 13.8 Å². The van der Waals surface area contributed by atoms with Crippen LogP contribution in [0.4, 0.5) is 0 Å². The van der Waals surface area contributed by atoms with E-state index >= 15 is 0 Å². The molecule has 2 heteroatoms. The highest BCUT2D eigenvalue weighted by Crippen LogP contribution is 2.17. The van der Waals surface area contributed by atoms with Gasteiger partial charge in [-0.1, -0.05) is 12.1 Å². The molecule has 0 aliphatic carbocycles. The molecule has 90 valence electrons. The third-order valence-corrected chi connectivity index (χ3v) is 3.02. The summed E-state index contributed by atoms with van der Waals surface area (Å²) < 4.78 is 2.26. The van der Waals surface area contributed by atoms with E-state index in [4.69, 9.17) is 5.73 Å². The molecule has 0 fully saturated rings. The number of hydrogen-bond donors (Lipinski definition) is 1. The molecule has 0 aliphatic heterocycles. The molecule has 1 unspecified atom stereocenters. The molecule has 2 N–H and O–H groups in total. The summed E-state index contributed by atoms with van der Waals surface area (Å²) in [7, 11) is 0. The molecular weight excluding hydrogens is 208 g/mol. The average molecular weight is 228 g/mol. The van der Waals surface area contributed by atoms with Crippen LogP contribution in [0.25, 0.3) is 5.69 Å². The monoisotopic (exact) mass is 228 g/mol. The van der Waals surface area contributed by atoms with Crippen molar-refractivity contribution in [3.05, 3.63) is 53.3 Å². The van der Waals surface area contributed by atoms with Crippen molar-refractivity contribution in [2.24, 2.45) is 5.73 Å². The summed E-state index contributed by atoms with van der Waals surface area (Å²) in [6.07, 6.45) is 0.934. The number of rotatable bonds is 3.